The van der Waals surface area contributed by atoms with Gasteiger partial charge in [-0.3, -0.25) is 0 Å². The number of nitrogens with one attached hydrogen (secondary N) is 1. The van der Waals surface area contributed by atoms with Crippen LogP contribution >= 0.6 is 0 Å². The monoisotopic (exact) mass is 322 g/mol. The maximum Gasteiger partial charge on any atom is 0.410 e. The highest BCUT2D eigenvalue weighted by Gasteiger charge is 2.53. The first kappa shape index (κ1) is 17.1. The number of rotatable bonds is 5. The Hall–Kier alpha value is -0.770. The van der Waals surface area contributed by atoms with Crippen LogP contribution in [-0.4, -0.2) is 42.8 Å². The van der Waals surface area contributed by atoms with Crippen molar-refractivity contribution in [2.75, 3.05) is 20.1 Å². The van der Waals surface area contributed by atoms with Gasteiger partial charge in [-0.1, -0.05) is 6.42 Å². The van der Waals surface area contributed by atoms with Crippen molar-refractivity contribution in [1.82, 2.24) is 10.2 Å². The zero-order valence-corrected chi connectivity index (χ0v) is 15.3. The van der Waals surface area contributed by atoms with Gasteiger partial charge in [0.1, 0.15) is 5.60 Å². The molecule has 0 aromatic heterocycles. The molecule has 0 saturated heterocycles. The van der Waals surface area contributed by atoms with E-state index in [9.17, 15) is 4.79 Å². The van der Waals surface area contributed by atoms with Crippen LogP contribution in [0, 0.1) is 23.7 Å². The normalized spacial score (nSPS) is 35.4. The van der Waals surface area contributed by atoms with Crippen LogP contribution in [0.4, 0.5) is 4.79 Å². The van der Waals surface area contributed by atoms with Crippen LogP contribution in [0.15, 0.2) is 0 Å². The van der Waals surface area contributed by atoms with E-state index in [-0.39, 0.29) is 6.09 Å². The molecular formula is C19H34N2O2. The molecule has 23 heavy (non-hydrogen) atoms. The summed E-state index contributed by atoms with van der Waals surface area (Å²) >= 11 is 0. The van der Waals surface area contributed by atoms with Crippen LogP contribution < -0.4 is 5.32 Å². The van der Waals surface area contributed by atoms with E-state index in [4.69, 9.17) is 4.74 Å². The van der Waals surface area contributed by atoms with Gasteiger partial charge in [-0.15, -0.1) is 0 Å². The molecule has 4 heteroatoms. The van der Waals surface area contributed by atoms with Crippen molar-refractivity contribution < 1.29 is 9.53 Å². The highest BCUT2D eigenvalue weighted by Crippen LogP contribution is 2.58. The lowest BCUT2D eigenvalue weighted by Crippen LogP contribution is -2.41. The standard InChI is InChI=1S/C19H34N2O2/c1-19(2,3)23-18(22)21(4)10-6-9-20-17-12-13-11-16(17)15-8-5-7-14(13)15/h13-17,20H,5-12H2,1-4H3. The third-order valence-corrected chi connectivity index (χ3v) is 6.21. The summed E-state index contributed by atoms with van der Waals surface area (Å²) in [6.45, 7) is 7.50. The van der Waals surface area contributed by atoms with Gasteiger partial charge in [0.15, 0.2) is 0 Å². The molecule has 3 rings (SSSR count). The summed E-state index contributed by atoms with van der Waals surface area (Å²) in [6, 6.07) is 0.742. The Bertz CT molecular complexity index is 432. The summed E-state index contributed by atoms with van der Waals surface area (Å²) in [5.74, 6) is 4.04. The van der Waals surface area contributed by atoms with Crippen molar-refractivity contribution in [2.24, 2.45) is 23.7 Å². The molecule has 0 aromatic rings. The van der Waals surface area contributed by atoms with Crippen LogP contribution in [0.1, 0.15) is 59.3 Å². The minimum absolute atomic E-state index is 0.216. The maximum absolute atomic E-state index is 11.9. The van der Waals surface area contributed by atoms with Crippen molar-refractivity contribution in [3.63, 3.8) is 0 Å². The van der Waals surface area contributed by atoms with E-state index >= 15 is 0 Å². The van der Waals surface area contributed by atoms with Crippen LogP contribution in [0.2, 0.25) is 0 Å². The number of hydrogen-bond donors (Lipinski definition) is 1. The number of carbonyl (C=O) groups is 1. The first-order valence-electron chi connectivity index (χ1n) is 9.52. The quantitative estimate of drug-likeness (QED) is 0.786. The van der Waals surface area contributed by atoms with E-state index in [1.807, 2.05) is 27.8 Å². The largest absolute Gasteiger partial charge is 0.444 e. The topological polar surface area (TPSA) is 41.6 Å². The number of carbonyl (C=O) groups excluding carboxylic acids is 1. The summed E-state index contributed by atoms with van der Waals surface area (Å²) in [6.07, 6.45) is 8.10. The lowest BCUT2D eigenvalue weighted by molar-refractivity contribution is 0.0296. The predicted octanol–water partition coefficient (Wildman–Crippen LogP) is 3.66. The molecule has 5 unspecified atom stereocenters. The van der Waals surface area contributed by atoms with Gasteiger partial charge in [0.05, 0.1) is 0 Å². The van der Waals surface area contributed by atoms with E-state index < -0.39 is 5.60 Å². The third-order valence-electron chi connectivity index (χ3n) is 6.21. The Morgan fingerprint density at radius 1 is 1.17 bits per heavy atom. The average Bonchev–Trinajstić information content (AvgIpc) is 3.13. The second-order valence-electron chi connectivity index (χ2n) is 8.97. The van der Waals surface area contributed by atoms with Crippen LogP contribution in [0.3, 0.4) is 0 Å². The van der Waals surface area contributed by atoms with Crippen LogP contribution in [0.5, 0.6) is 0 Å². The van der Waals surface area contributed by atoms with Gasteiger partial charge in [-0.05, 0) is 83.1 Å². The Labute approximate surface area is 141 Å². The van der Waals surface area contributed by atoms with Gasteiger partial charge in [0, 0.05) is 19.6 Å². The van der Waals surface area contributed by atoms with E-state index in [1.54, 1.807) is 4.90 Å². The molecule has 3 saturated carbocycles. The van der Waals surface area contributed by atoms with Gasteiger partial charge in [-0.2, -0.15) is 0 Å². The van der Waals surface area contributed by atoms with Gasteiger partial charge < -0.3 is 15.0 Å². The molecule has 3 fully saturated rings. The summed E-state index contributed by atoms with van der Waals surface area (Å²) in [5.41, 5.74) is -0.412. The first-order chi connectivity index (χ1) is 10.8. The second kappa shape index (κ2) is 6.62. The highest BCUT2D eigenvalue weighted by molar-refractivity contribution is 5.67. The summed E-state index contributed by atoms with van der Waals surface area (Å²) in [4.78, 5) is 13.6. The van der Waals surface area contributed by atoms with Gasteiger partial charge >= 0.3 is 6.09 Å². The minimum Gasteiger partial charge on any atom is -0.444 e. The lowest BCUT2D eigenvalue weighted by atomic mass is 9.79. The predicted molar refractivity (Wildman–Crippen MR) is 92.3 cm³/mol. The molecule has 4 nitrogen and oxygen atoms in total. The SMILES string of the molecule is CN(CCCNC1CC2CC1C1CCCC21)C(=O)OC(C)(C)C. The molecule has 2 bridgehead atoms. The van der Waals surface area contributed by atoms with Gasteiger partial charge in [0.2, 0.25) is 0 Å². The Morgan fingerprint density at radius 3 is 2.65 bits per heavy atom. The van der Waals surface area contributed by atoms with Crippen molar-refractivity contribution in [3.8, 4) is 0 Å². The number of fused-ring (bicyclic) bond motifs is 5. The van der Waals surface area contributed by atoms with E-state index in [0.717, 1.165) is 49.2 Å². The Kier molecular flexibility index (Phi) is 4.91. The second-order valence-corrected chi connectivity index (χ2v) is 8.97. The smallest absolute Gasteiger partial charge is 0.410 e. The molecule has 0 heterocycles. The molecule has 0 spiro atoms. The van der Waals surface area contributed by atoms with E-state index in [1.165, 1.54) is 32.1 Å². The number of nitrogens with zero attached hydrogens (tertiary/aromatic N) is 1. The fourth-order valence-electron chi connectivity index (χ4n) is 5.34. The van der Waals surface area contributed by atoms with E-state index in [2.05, 4.69) is 5.32 Å². The minimum atomic E-state index is -0.412. The van der Waals surface area contributed by atoms with Gasteiger partial charge in [-0.25, -0.2) is 4.79 Å². The van der Waals surface area contributed by atoms with Gasteiger partial charge in [0.25, 0.3) is 0 Å². The average molecular weight is 322 g/mol. The Balaban J connectivity index is 1.34. The Morgan fingerprint density at radius 2 is 1.91 bits per heavy atom. The highest BCUT2D eigenvalue weighted by atomic mass is 16.6. The fraction of sp³-hybridized carbons (Fsp3) is 0.947. The molecule has 0 aliphatic heterocycles. The summed E-state index contributed by atoms with van der Waals surface area (Å²) in [7, 11) is 1.83. The van der Waals surface area contributed by atoms with Crippen LogP contribution in [-0.2, 0) is 4.74 Å². The molecule has 3 aliphatic carbocycles. The molecule has 0 aromatic carbocycles. The van der Waals surface area contributed by atoms with Crippen molar-refractivity contribution in [3.05, 3.63) is 0 Å². The molecule has 0 radical (unpaired) electrons. The zero-order chi connectivity index (χ0) is 16.6. The summed E-state index contributed by atoms with van der Waals surface area (Å²) < 4.78 is 5.38. The molecular weight excluding hydrogens is 288 g/mol. The first-order valence-corrected chi connectivity index (χ1v) is 9.52. The number of ether oxygens (including phenoxy) is 1. The fourth-order valence-corrected chi connectivity index (χ4v) is 5.34. The third kappa shape index (κ3) is 3.84. The number of amides is 1. The van der Waals surface area contributed by atoms with Crippen molar-refractivity contribution in [2.45, 2.75) is 70.9 Å². The van der Waals surface area contributed by atoms with E-state index in [0.29, 0.717) is 0 Å². The number of hydrogen-bond acceptors (Lipinski definition) is 3. The lowest BCUT2D eigenvalue weighted by Gasteiger charge is -2.32. The van der Waals surface area contributed by atoms with Crippen molar-refractivity contribution in [1.29, 1.82) is 0 Å². The zero-order valence-electron chi connectivity index (χ0n) is 15.3. The molecule has 132 valence electrons. The van der Waals surface area contributed by atoms with Crippen LogP contribution in [0.25, 0.3) is 0 Å². The molecule has 5 atom stereocenters. The molecule has 1 N–H and O–H groups in total. The summed E-state index contributed by atoms with van der Waals surface area (Å²) in [5, 5.41) is 3.79. The maximum atomic E-state index is 11.9. The molecule has 3 aliphatic rings. The van der Waals surface area contributed by atoms with Crippen molar-refractivity contribution >= 4 is 6.09 Å². The molecule has 1 amide bonds.